The number of carbonyl (C=O) groups excluding carboxylic acids is 2. The Morgan fingerprint density at radius 3 is 2.43 bits per heavy atom. The van der Waals surface area contributed by atoms with Gasteiger partial charge in [0.25, 0.3) is 5.91 Å². The summed E-state index contributed by atoms with van der Waals surface area (Å²) in [5, 5.41) is 2.66. The first-order valence-electron chi connectivity index (χ1n) is 9.05. The number of nitrogens with one attached hydrogen (secondary N) is 2. The Labute approximate surface area is 175 Å². The third-order valence-electron chi connectivity index (χ3n) is 3.86. The summed E-state index contributed by atoms with van der Waals surface area (Å²) in [7, 11) is -3.77. The van der Waals surface area contributed by atoms with Gasteiger partial charge in [-0.1, -0.05) is 18.1 Å². The zero-order chi connectivity index (χ0) is 22.1. The lowest BCUT2D eigenvalue weighted by atomic mass is 10.2. The second-order valence-corrected chi connectivity index (χ2v) is 7.79. The predicted octanol–water partition coefficient (Wildman–Crippen LogP) is 2.18. The first-order valence-corrected chi connectivity index (χ1v) is 10.5. The van der Waals surface area contributed by atoms with Gasteiger partial charge in [0.15, 0.2) is 6.10 Å². The van der Waals surface area contributed by atoms with Crippen molar-refractivity contribution >= 4 is 27.6 Å². The van der Waals surface area contributed by atoms with E-state index in [9.17, 15) is 18.0 Å². The van der Waals surface area contributed by atoms with Crippen LogP contribution in [0.2, 0.25) is 0 Å². The van der Waals surface area contributed by atoms with E-state index in [0.29, 0.717) is 18.0 Å². The van der Waals surface area contributed by atoms with Crippen LogP contribution in [-0.4, -0.2) is 39.5 Å². The minimum Gasteiger partial charge on any atom is -0.492 e. The lowest BCUT2D eigenvalue weighted by molar-refractivity contribution is -0.123. The quantitative estimate of drug-likeness (QED) is 0.466. The fourth-order valence-electron chi connectivity index (χ4n) is 2.36. The zero-order valence-electron chi connectivity index (χ0n) is 16.5. The second kappa shape index (κ2) is 10.4. The number of terminal acetylenes is 1. The minimum atomic E-state index is -3.77. The summed E-state index contributed by atoms with van der Waals surface area (Å²) in [6, 6.07) is 12.0. The van der Waals surface area contributed by atoms with Gasteiger partial charge < -0.3 is 14.8 Å². The Morgan fingerprint density at radius 1 is 1.13 bits per heavy atom. The van der Waals surface area contributed by atoms with Crippen LogP contribution < -0.4 is 14.8 Å². The third kappa shape index (κ3) is 6.07. The van der Waals surface area contributed by atoms with E-state index >= 15 is 0 Å². The molecule has 8 nitrogen and oxygen atoms in total. The number of ether oxygens (including phenoxy) is 2. The Balaban J connectivity index is 2.02. The van der Waals surface area contributed by atoms with Crippen molar-refractivity contribution in [3.63, 3.8) is 0 Å². The summed E-state index contributed by atoms with van der Waals surface area (Å²) in [6.07, 6.45) is 3.95. The molecule has 30 heavy (non-hydrogen) atoms. The van der Waals surface area contributed by atoms with Crippen LogP contribution in [0.25, 0.3) is 0 Å². The molecule has 1 amide bonds. The molecule has 2 rings (SSSR count). The standard InChI is InChI=1S/C21H22N2O6S/c1-4-14-22-30(26,27)17-12-10-16(11-13-17)21(25)29-15(3)20(24)23-18-8-6-7-9-19(18)28-5-2/h1,6-13,15,22H,5,14H2,2-3H3,(H,23,24). The highest BCUT2D eigenvalue weighted by molar-refractivity contribution is 7.89. The molecule has 2 N–H and O–H groups in total. The van der Waals surface area contributed by atoms with Crippen LogP contribution in [0.3, 0.4) is 0 Å². The third-order valence-corrected chi connectivity index (χ3v) is 5.28. The number of rotatable bonds is 9. The zero-order valence-corrected chi connectivity index (χ0v) is 17.4. The Morgan fingerprint density at radius 2 is 1.80 bits per heavy atom. The summed E-state index contributed by atoms with van der Waals surface area (Å²) in [6.45, 7) is 3.54. The molecule has 1 atom stereocenters. The molecule has 0 bridgehead atoms. The summed E-state index contributed by atoms with van der Waals surface area (Å²) in [5.74, 6) is 1.37. The van der Waals surface area contributed by atoms with Crippen molar-refractivity contribution in [2.24, 2.45) is 0 Å². The molecule has 9 heteroatoms. The summed E-state index contributed by atoms with van der Waals surface area (Å²) < 4.78 is 36.8. The second-order valence-electron chi connectivity index (χ2n) is 6.02. The van der Waals surface area contributed by atoms with Gasteiger partial charge >= 0.3 is 5.97 Å². The fourth-order valence-corrected chi connectivity index (χ4v) is 3.29. The van der Waals surface area contributed by atoms with Crippen molar-refractivity contribution in [1.82, 2.24) is 4.72 Å². The van der Waals surface area contributed by atoms with E-state index in [4.69, 9.17) is 15.9 Å². The maximum absolute atomic E-state index is 12.4. The lowest BCUT2D eigenvalue weighted by Crippen LogP contribution is -2.30. The molecule has 0 radical (unpaired) electrons. The molecule has 2 aromatic rings. The van der Waals surface area contributed by atoms with E-state index in [1.807, 2.05) is 6.92 Å². The van der Waals surface area contributed by atoms with Crippen molar-refractivity contribution < 1.29 is 27.5 Å². The molecule has 0 fully saturated rings. The number of anilines is 1. The van der Waals surface area contributed by atoms with Crippen LogP contribution >= 0.6 is 0 Å². The highest BCUT2D eigenvalue weighted by atomic mass is 32.2. The van der Waals surface area contributed by atoms with Gasteiger partial charge in [0.1, 0.15) is 5.75 Å². The molecule has 0 heterocycles. The molecular weight excluding hydrogens is 408 g/mol. The summed E-state index contributed by atoms with van der Waals surface area (Å²) in [5.41, 5.74) is 0.557. The monoisotopic (exact) mass is 430 g/mol. The molecule has 1 unspecified atom stereocenters. The highest BCUT2D eigenvalue weighted by Crippen LogP contribution is 2.24. The molecule has 0 spiro atoms. The van der Waals surface area contributed by atoms with E-state index < -0.39 is 28.0 Å². The average molecular weight is 430 g/mol. The van der Waals surface area contributed by atoms with Crippen LogP contribution in [0.1, 0.15) is 24.2 Å². The topological polar surface area (TPSA) is 111 Å². The maximum Gasteiger partial charge on any atom is 0.338 e. The van der Waals surface area contributed by atoms with E-state index in [0.717, 1.165) is 0 Å². The number of para-hydroxylation sites is 2. The van der Waals surface area contributed by atoms with Crippen LogP contribution in [-0.2, 0) is 19.6 Å². The van der Waals surface area contributed by atoms with Gasteiger partial charge in [-0.25, -0.2) is 13.2 Å². The Kier molecular flexibility index (Phi) is 7.98. The summed E-state index contributed by atoms with van der Waals surface area (Å²) >= 11 is 0. The Bertz CT molecular complexity index is 1040. The number of hydrogen-bond acceptors (Lipinski definition) is 6. The molecule has 0 saturated heterocycles. The number of esters is 1. The molecule has 0 saturated carbocycles. The lowest BCUT2D eigenvalue weighted by Gasteiger charge is -2.15. The van der Waals surface area contributed by atoms with Crippen LogP contribution in [0.15, 0.2) is 53.4 Å². The number of sulfonamides is 1. The first kappa shape index (κ1) is 22.9. The largest absolute Gasteiger partial charge is 0.492 e. The van der Waals surface area contributed by atoms with Gasteiger partial charge in [0, 0.05) is 0 Å². The number of amides is 1. The minimum absolute atomic E-state index is 0.0485. The molecule has 0 aromatic heterocycles. The van der Waals surface area contributed by atoms with Gasteiger partial charge in [-0.15, -0.1) is 6.42 Å². The molecule has 0 aliphatic rings. The normalized spacial score (nSPS) is 11.8. The fraction of sp³-hybridized carbons (Fsp3) is 0.238. The van der Waals surface area contributed by atoms with Gasteiger partial charge in [-0.05, 0) is 50.2 Å². The van der Waals surface area contributed by atoms with Crippen molar-refractivity contribution in [3.8, 4) is 18.1 Å². The van der Waals surface area contributed by atoms with Gasteiger partial charge in [0.05, 0.1) is 29.3 Å². The van der Waals surface area contributed by atoms with Crippen molar-refractivity contribution in [3.05, 3.63) is 54.1 Å². The van der Waals surface area contributed by atoms with Gasteiger partial charge in [0.2, 0.25) is 10.0 Å². The van der Waals surface area contributed by atoms with Crippen molar-refractivity contribution in [2.75, 3.05) is 18.5 Å². The maximum atomic E-state index is 12.4. The van der Waals surface area contributed by atoms with Crippen molar-refractivity contribution in [2.45, 2.75) is 24.8 Å². The summed E-state index contributed by atoms with van der Waals surface area (Å²) in [4.78, 5) is 24.6. The first-order chi connectivity index (χ1) is 14.3. The van der Waals surface area contributed by atoms with Crippen LogP contribution in [0.4, 0.5) is 5.69 Å². The van der Waals surface area contributed by atoms with Gasteiger partial charge in [-0.2, -0.15) is 4.72 Å². The van der Waals surface area contributed by atoms with Crippen LogP contribution in [0, 0.1) is 12.3 Å². The number of hydrogen-bond donors (Lipinski definition) is 2. The molecular formula is C21H22N2O6S. The average Bonchev–Trinajstić information content (AvgIpc) is 2.73. The molecule has 2 aromatic carbocycles. The smallest absolute Gasteiger partial charge is 0.338 e. The predicted molar refractivity (Wildman–Crippen MR) is 112 cm³/mol. The highest BCUT2D eigenvalue weighted by Gasteiger charge is 2.21. The SMILES string of the molecule is C#CCNS(=O)(=O)c1ccc(C(=O)OC(C)C(=O)Nc2ccccc2OCC)cc1. The van der Waals surface area contributed by atoms with E-state index in [1.165, 1.54) is 31.2 Å². The van der Waals surface area contributed by atoms with E-state index in [1.54, 1.807) is 24.3 Å². The van der Waals surface area contributed by atoms with Crippen LogP contribution in [0.5, 0.6) is 5.75 Å². The number of carbonyl (C=O) groups is 2. The van der Waals surface area contributed by atoms with E-state index in [2.05, 4.69) is 16.0 Å². The van der Waals surface area contributed by atoms with E-state index in [-0.39, 0.29) is 17.0 Å². The number of benzene rings is 2. The molecule has 0 aliphatic heterocycles. The van der Waals surface area contributed by atoms with Gasteiger partial charge in [-0.3, -0.25) is 4.79 Å². The Hall–Kier alpha value is -3.35. The molecule has 158 valence electrons. The molecule has 0 aliphatic carbocycles. The van der Waals surface area contributed by atoms with Crippen molar-refractivity contribution in [1.29, 1.82) is 0 Å².